The fourth-order valence-electron chi connectivity index (χ4n) is 6.25. The molecule has 0 aliphatic carbocycles. The van der Waals surface area contributed by atoms with Crippen molar-refractivity contribution in [1.82, 2.24) is 19.5 Å². The van der Waals surface area contributed by atoms with Crippen LogP contribution in [0.1, 0.15) is 17.5 Å². The second-order valence-electron chi connectivity index (χ2n) is 11.3. The molecular formula is C36H34N4O4Si. The van der Waals surface area contributed by atoms with Gasteiger partial charge in [0.05, 0.1) is 18.6 Å². The van der Waals surface area contributed by atoms with E-state index in [-0.39, 0.29) is 6.61 Å². The Hall–Kier alpha value is -4.51. The number of aliphatic hydroxyl groups is 2. The zero-order chi connectivity index (χ0) is 30.6. The van der Waals surface area contributed by atoms with Crippen molar-refractivity contribution in [3.05, 3.63) is 145 Å². The first-order valence-electron chi connectivity index (χ1n) is 15.2. The number of aliphatic hydroxyl groups excluding tert-OH is 2. The van der Waals surface area contributed by atoms with E-state index in [1.165, 1.54) is 11.9 Å². The van der Waals surface area contributed by atoms with Crippen molar-refractivity contribution < 1.29 is 19.4 Å². The molecule has 0 unspecified atom stereocenters. The molecule has 45 heavy (non-hydrogen) atoms. The van der Waals surface area contributed by atoms with Gasteiger partial charge in [0.1, 0.15) is 30.2 Å². The molecule has 9 heteroatoms. The summed E-state index contributed by atoms with van der Waals surface area (Å²) in [4.78, 5) is 13.6. The number of fused-ring (bicyclic) bond motifs is 1. The van der Waals surface area contributed by atoms with Crippen LogP contribution in [0.5, 0.6) is 0 Å². The number of imidazole rings is 1. The topological polar surface area (TPSA) is 103 Å². The predicted molar refractivity (Wildman–Crippen MR) is 175 cm³/mol. The molecule has 1 fully saturated rings. The van der Waals surface area contributed by atoms with E-state index < -0.39 is 32.9 Å². The molecule has 0 radical (unpaired) electrons. The van der Waals surface area contributed by atoms with Crippen LogP contribution in [0.4, 0.5) is 0 Å². The lowest BCUT2D eigenvalue weighted by Gasteiger charge is -2.34. The van der Waals surface area contributed by atoms with Crippen molar-refractivity contribution >= 4 is 35.0 Å². The summed E-state index contributed by atoms with van der Waals surface area (Å²) >= 11 is 0. The quantitative estimate of drug-likeness (QED) is 0.181. The minimum Gasteiger partial charge on any atom is -0.401 e. The van der Waals surface area contributed by atoms with Gasteiger partial charge < -0.3 is 19.4 Å². The lowest BCUT2D eigenvalue weighted by Crippen LogP contribution is -2.70. The van der Waals surface area contributed by atoms with Crippen molar-refractivity contribution in [2.45, 2.75) is 37.4 Å². The maximum atomic E-state index is 11.3. The standard InChI is InChI=1S/C36H34N4O4Si/c41-33-31(23-43-45(27-15-7-2-8-16-27,28-17-9-3-10-18-28)29-19-11-4-12-20-29)44-36(34(33)42)40-25-39-32-30(37-24-38-35(32)40)22-21-26-13-5-1-6-14-26/h1-20,24-25,31,33-34,36,41-42H,21-23H2/t31-,33-,34-,36-/m1/s1. The zero-order valence-electron chi connectivity index (χ0n) is 24.6. The fraction of sp³-hybridized carbons (Fsp3) is 0.194. The monoisotopic (exact) mass is 614 g/mol. The Balaban J connectivity index is 1.17. The smallest absolute Gasteiger partial charge is 0.288 e. The van der Waals surface area contributed by atoms with Gasteiger partial charge in [-0.05, 0) is 34.0 Å². The van der Waals surface area contributed by atoms with Gasteiger partial charge in [0.2, 0.25) is 0 Å². The predicted octanol–water partition coefficient (Wildman–Crippen LogP) is 2.91. The third-order valence-corrected chi connectivity index (χ3v) is 12.6. The minimum atomic E-state index is -3.03. The zero-order valence-corrected chi connectivity index (χ0v) is 25.6. The van der Waals surface area contributed by atoms with Crippen LogP contribution in [-0.4, -0.2) is 63.0 Å². The summed E-state index contributed by atoms with van der Waals surface area (Å²) < 4.78 is 15.1. The number of ether oxygens (including phenoxy) is 1. The highest BCUT2D eigenvalue weighted by Gasteiger charge is 2.48. The third kappa shape index (κ3) is 5.61. The van der Waals surface area contributed by atoms with Gasteiger partial charge in [-0.3, -0.25) is 4.57 Å². The van der Waals surface area contributed by atoms with Crippen LogP contribution in [0.25, 0.3) is 11.2 Å². The van der Waals surface area contributed by atoms with Crippen LogP contribution in [-0.2, 0) is 22.0 Å². The normalized spacial score (nSPS) is 20.0. The Morgan fingerprint density at radius 1 is 0.667 bits per heavy atom. The lowest BCUT2D eigenvalue weighted by atomic mass is 10.1. The molecule has 2 N–H and O–H groups in total. The number of rotatable bonds is 10. The molecule has 0 bridgehead atoms. The maximum absolute atomic E-state index is 11.3. The highest BCUT2D eigenvalue weighted by molar-refractivity contribution is 7.07. The Labute approximate surface area is 262 Å². The SMILES string of the molecule is O[C@@H]1[C@H](O)[C@@H](CO[Si](c2ccccc2)(c2ccccc2)c2ccccc2)O[C@H]1n1cnc2c(CCc3ccccc3)ncnc21. The first-order chi connectivity index (χ1) is 22.1. The lowest BCUT2D eigenvalue weighted by molar-refractivity contribution is -0.0479. The molecule has 0 saturated carbocycles. The summed E-state index contributed by atoms with van der Waals surface area (Å²) in [7, 11) is -3.03. The van der Waals surface area contributed by atoms with Crippen molar-refractivity contribution in [2.24, 2.45) is 0 Å². The second kappa shape index (κ2) is 12.8. The van der Waals surface area contributed by atoms with Crippen LogP contribution < -0.4 is 15.6 Å². The fourth-order valence-corrected chi connectivity index (χ4v) is 10.1. The molecule has 1 saturated heterocycles. The van der Waals surface area contributed by atoms with Crippen LogP contribution in [0.3, 0.4) is 0 Å². The average Bonchev–Trinajstić information content (AvgIpc) is 3.66. The van der Waals surface area contributed by atoms with Crippen LogP contribution in [0.15, 0.2) is 134 Å². The van der Waals surface area contributed by atoms with Gasteiger partial charge in [0.25, 0.3) is 8.32 Å². The van der Waals surface area contributed by atoms with Gasteiger partial charge in [0, 0.05) is 0 Å². The van der Waals surface area contributed by atoms with E-state index in [2.05, 4.69) is 63.5 Å². The maximum Gasteiger partial charge on any atom is 0.288 e. The summed E-state index contributed by atoms with van der Waals surface area (Å²) in [5.41, 5.74) is 3.24. The van der Waals surface area contributed by atoms with Gasteiger partial charge in [0.15, 0.2) is 11.9 Å². The Morgan fingerprint density at radius 3 is 1.80 bits per heavy atom. The molecule has 2 aromatic heterocycles. The van der Waals surface area contributed by atoms with Crippen LogP contribution in [0, 0.1) is 0 Å². The molecule has 0 amide bonds. The van der Waals surface area contributed by atoms with E-state index in [1.807, 2.05) is 72.8 Å². The Bertz CT molecular complexity index is 1740. The highest BCUT2D eigenvalue weighted by Crippen LogP contribution is 2.32. The molecule has 8 nitrogen and oxygen atoms in total. The number of benzene rings is 4. The summed E-state index contributed by atoms with van der Waals surface area (Å²) in [5, 5.41) is 25.7. The van der Waals surface area contributed by atoms with E-state index in [0.717, 1.165) is 27.7 Å². The molecule has 0 spiro atoms. The molecule has 4 aromatic carbocycles. The van der Waals surface area contributed by atoms with E-state index in [4.69, 9.17) is 9.16 Å². The number of hydrogen-bond acceptors (Lipinski definition) is 7. The van der Waals surface area contributed by atoms with Gasteiger partial charge in [-0.1, -0.05) is 121 Å². The van der Waals surface area contributed by atoms with Crippen molar-refractivity contribution in [3.63, 3.8) is 0 Å². The molecule has 3 heterocycles. The molecule has 4 atom stereocenters. The highest BCUT2D eigenvalue weighted by atomic mass is 28.4. The summed E-state index contributed by atoms with van der Waals surface area (Å²) in [5.74, 6) is 0. The van der Waals surface area contributed by atoms with E-state index in [9.17, 15) is 10.2 Å². The van der Waals surface area contributed by atoms with E-state index >= 15 is 0 Å². The van der Waals surface area contributed by atoms with Gasteiger partial charge in [-0.2, -0.15) is 0 Å². The summed E-state index contributed by atoms with van der Waals surface area (Å²) in [6.07, 6.45) is 0.557. The molecule has 6 aromatic rings. The molecule has 1 aliphatic rings. The first kappa shape index (κ1) is 29.2. The molecule has 1 aliphatic heterocycles. The molecule has 226 valence electrons. The Kier molecular flexibility index (Phi) is 8.34. The van der Waals surface area contributed by atoms with Crippen LogP contribution in [0.2, 0.25) is 0 Å². The van der Waals surface area contributed by atoms with Crippen molar-refractivity contribution in [2.75, 3.05) is 6.61 Å². The first-order valence-corrected chi connectivity index (χ1v) is 17.1. The van der Waals surface area contributed by atoms with Gasteiger partial charge in [-0.25, -0.2) is 15.0 Å². The third-order valence-electron chi connectivity index (χ3n) is 8.54. The van der Waals surface area contributed by atoms with Crippen molar-refractivity contribution in [1.29, 1.82) is 0 Å². The van der Waals surface area contributed by atoms with Gasteiger partial charge in [-0.15, -0.1) is 0 Å². The second-order valence-corrected chi connectivity index (χ2v) is 14.6. The summed E-state index contributed by atoms with van der Waals surface area (Å²) in [6, 6.07) is 40.9. The van der Waals surface area contributed by atoms with E-state index in [0.29, 0.717) is 17.6 Å². The number of aryl methyl sites for hydroxylation is 2. The number of aromatic nitrogens is 4. The van der Waals surface area contributed by atoms with E-state index in [1.54, 1.807) is 10.9 Å². The molecule has 7 rings (SSSR count). The van der Waals surface area contributed by atoms with Crippen LogP contribution >= 0.6 is 0 Å². The largest absolute Gasteiger partial charge is 0.401 e. The van der Waals surface area contributed by atoms with Gasteiger partial charge >= 0.3 is 0 Å². The number of hydrogen-bond donors (Lipinski definition) is 2. The molecular weight excluding hydrogens is 581 g/mol. The summed E-state index contributed by atoms with van der Waals surface area (Å²) in [6.45, 7) is 0.0730. The Morgan fingerprint density at radius 2 is 1.22 bits per heavy atom. The minimum absolute atomic E-state index is 0.0730. The number of nitrogens with zero attached hydrogens (tertiary/aromatic N) is 4. The van der Waals surface area contributed by atoms with Crippen molar-refractivity contribution in [3.8, 4) is 0 Å². The average molecular weight is 615 g/mol.